The number of hydrogen-bond donors (Lipinski definition) is 2. The minimum absolute atomic E-state index is 0.0233. The maximum atomic E-state index is 13.0. The Kier molecular flexibility index (Phi) is 6.67. The van der Waals surface area contributed by atoms with E-state index in [4.69, 9.17) is 0 Å². The van der Waals surface area contributed by atoms with E-state index in [2.05, 4.69) is 20.8 Å². The quantitative estimate of drug-likeness (QED) is 0.574. The maximum absolute atomic E-state index is 13.0. The van der Waals surface area contributed by atoms with Crippen molar-refractivity contribution in [1.82, 2.24) is 25.5 Å². The fraction of sp³-hybridized carbons (Fsp3) is 0.286. The molecule has 0 saturated heterocycles. The van der Waals surface area contributed by atoms with E-state index in [1.807, 2.05) is 60.7 Å². The van der Waals surface area contributed by atoms with Crippen LogP contribution in [0.2, 0.25) is 0 Å². The highest BCUT2D eigenvalue weighted by Gasteiger charge is 2.26. The SMILES string of the molecule is Cc1nnnn1C(Cc1ccccc1)C(=O)NCC(Cc1ccccc1)C(=O)O. The number of rotatable bonds is 9. The highest BCUT2D eigenvalue weighted by Crippen LogP contribution is 2.16. The smallest absolute Gasteiger partial charge is 0.308 e. The topological polar surface area (TPSA) is 110 Å². The van der Waals surface area contributed by atoms with Crippen LogP contribution in [0.1, 0.15) is 23.0 Å². The summed E-state index contributed by atoms with van der Waals surface area (Å²) in [7, 11) is 0. The van der Waals surface area contributed by atoms with Gasteiger partial charge in [-0.3, -0.25) is 9.59 Å². The molecule has 8 nitrogen and oxygen atoms in total. The molecule has 0 aliphatic rings. The summed E-state index contributed by atoms with van der Waals surface area (Å²) in [5.41, 5.74) is 1.87. The Morgan fingerprint density at radius 2 is 1.59 bits per heavy atom. The second kappa shape index (κ2) is 9.59. The van der Waals surface area contributed by atoms with Crippen LogP contribution in [0.5, 0.6) is 0 Å². The Morgan fingerprint density at radius 3 is 2.10 bits per heavy atom. The molecule has 2 unspecified atom stereocenters. The van der Waals surface area contributed by atoms with Crippen LogP contribution in [0.4, 0.5) is 0 Å². The van der Waals surface area contributed by atoms with Gasteiger partial charge >= 0.3 is 5.97 Å². The zero-order chi connectivity index (χ0) is 20.6. The third kappa shape index (κ3) is 5.47. The molecule has 2 aromatic carbocycles. The van der Waals surface area contributed by atoms with Gasteiger partial charge in [0.2, 0.25) is 5.91 Å². The van der Waals surface area contributed by atoms with Crippen LogP contribution in [0.3, 0.4) is 0 Å². The van der Waals surface area contributed by atoms with Crippen LogP contribution in [-0.4, -0.2) is 43.7 Å². The number of nitrogens with zero attached hydrogens (tertiary/aromatic N) is 4. The molecule has 0 spiro atoms. The van der Waals surface area contributed by atoms with E-state index in [1.54, 1.807) is 6.92 Å². The van der Waals surface area contributed by atoms with Crippen LogP contribution < -0.4 is 5.32 Å². The average Bonchev–Trinajstić information content (AvgIpc) is 3.16. The van der Waals surface area contributed by atoms with Crippen molar-refractivity contribution in [3.8, 4) is 0 Å². The summed E-state index contributed by atoms with van der Waals surface area (Å²) in [6.45, 7) is 1.75. The normalized spacial score (nSPS) is 12.9. The lowest BCUT2D eigenvalue weighted by Gasteiger charge is -2.19. The average molecular weight is 393 g/mol. The molecule has 2 N–H and O–H groups in total. The van der Waals surface area contributed by atoms with Crippen LogP contribution in [0, 0.1) is 12.8 Å². The summed E-state index contributed by atoms with van der Waals surface area (Å²) < 4.78 is 1.47. The van der Waals surface area contributed by atoms with Gasteiger partial charge in [-0.2, -0.15) is 0 Å². The van der Waals surface area contributed by atoms with Gasteiger partial charge in [-0.25, -0.2) is 4.68 Å². The Labute approximate surface area is 168 Å². The number of aryl methyl sites for hydroxylation is 1. The molecule has 0 aliphatic heterocycles. The minimum atomic E-state index is -0.952. The molecule has 8 heteroatoms. The number of carboxylic acids is 1. The molecule has 3 aromatic rings. The van der Waals surface area contributed by atoms with Gasteiger partial charge in [0, 0.05) is 13.0 Å². The molecule has 1 amide bonds. The zero-order valence-electron chi connectivity index (χ0n) is 16.1. The Bertz CT molecular complexity index is 943. The van der Waals surface area contributed by atoms with Crippen molar-refractivity contribution in [2.24, 2.45) is 5.92 Å². The first-order valence-corrected chi connectivity index (χ1v) is 9.37. The van der Waals surface area contributed by atoms with E-state index in [0.29, 0.717) is 18.7 Å². The zero-order valence-corrected chi connectivity index (χ0v) is 16.1. The fourth-order valence-electron chi connectivity index (χ4n) is 3.14. The predicted octanol–water partition coefficient (Wildman–Crippen LogP) is 1.83. The van der Waals surface area contributed by atoms with Crippen molar-refractivity contribution in [2.45, 2.75) is 25.8 Å². The lowest BCUT2D eigenvalue weighted by atomic mass is 9.99. The number of aliphatic carboxylic acids is 1. The molecule has 3 rings (SSSR count). The summed E-state index contributed by atoms with van der Waals surface area (Å²) in [5, 5.41) is 23.8. The lowest BCUT2D eigenvalue weighted by Crippen LogP contribution is -2.39. The number of carbonyl (C=O) groups is 2. The Balaban J connectivity index is 1.71. The Hall–Kier alpha value is -3.55. The van der Waals surface area contributed by atoms with Crippen LogP contribution in [0.15, 0.2) is 60.7 Å². The van der Waals surface area contributed by atoms with Crippen LogP contribution in [0.25, 0.3) is 0 Å². The Morgan fingerprint density at radius 1 is 1.00 bits per heavy atom. The highest BCUT2D eigenvalue weighted by molar-refractivity contribution is 5.81. The molecule has 0 bridgehead atoms. The van der Waals surface area contributed by atoms with Crippen molar-refractivity contribution in [3.63, 3.8) is 0 Å². The molecule has 0 saturated carbocycles. The number of amides is 1. The summed E-state index contributed by atoms with van der Waals surface area (Å²) in [5.74, 6) is -1.48. The maximum Gasteiger partial charge on any atom is 0.308 e. The molecule has 0 radical (unpaired) electrons. The monoisotopic (exact) mass is 393 g/mol. The van der Waals surface area contributed by atoms with Gasteiger partial charge in [-0.1, -0.05) is 60.7 Å². The standard InChI is InChI=1S/C21H23N5O3/c1-15-23-24-25-26(15)19(13-17-10-6-3-7-11-17)20(27)22-14-18(21(28)29)12-16-8-4-2-5-9-16/h2-11,18-19H,12-14H2,1H3,(H,22,27)(H,28,29). The molecular weight excluding hydrogens is 370 g/mol. The van der Waals surface area contributed by atoms with Gasteiger partial charge in [0.1, 0.15) is 11.9 Å². The number of aromatic nitrogens is 4. The van der Waals surface area contributed by atoms with E-state index in [9.17, 15) is 14.7 Å². The summed E-state index contributed by atoms with van der Waals surface area (Å²) >= 11 is 0. The fourth-order valence-corrected chi connectivity index (χ4v) is 3.14. The minimum Gasteiger partial charge on any atom is -0.481 e. The van der Waals surface area contributed by atoms with Gasteiger partial charge in [-0.05, 0) is 34.9 Å². The van der Waals surface area contributed by atoms with Gasteiger partial charge in [0.15, 0.2) is 0 Å². The summed E-state index contributed by atoms with van der Waals surface area (Å²) in [6.07, 6.45) is 0.735. The van der Waals surface area contributed by atoms with E-state index in [1.165, 1.54) is 4.68 Å². The van der Waals surface area contributed by atoms with Gasteiger partial charge in [0.25, 0.3) is 0 Å². The van der Waals surface area contributed by atoms with Gasteiger partial charge < -0.3 is 10.4 Å². The molecular formula is C21H23N5O3. The van der Waals surface area contributed by atoms with Crippen LogP contribution >= 0.6 is 0 Å². The molecule has 150 valence electrons. The van der Waals surface area contributed by atoms with E-state index in [-0.39, 0.29) is 12.5 Å². The number of carboxylic acid groups (broad SMARTS) is 1. The predicted molar refractivity (Wildman–Crippen MR) is 106 cm³/mol. The largest absolute Gasteiger partial charge is 0.481 e. The lowest BCUT2D eigenvalue weighted by molar-refractivity contribution is -0.141. The van der Waals surface area contributed by atoms with Crippen molar-refractivity contribution in [1.29, 1.82) is 0 Å². The third-order valence-electron chi connectivity index (χ3n) is 4.72. The molecule has 2 atom stereocenters. The second-order valence-corrected chi connectivity index (χ2v) is 6.85. The van der Waals surface area contributed by atoms with E-state index >= 15 is 0 Å². The highest BCUT2D eigenvalue weighted by atomic mass is 16.4. The first-order chi connectivity index (χ1) is 14.0. The van der Waals surface area contributed by atoms with Gasteiger partial charge in [-0.15, -0.1) is 5.10 Å². The van der Waals surface area contributed by atoms with Crippen molar-refractivity contribution < 1.29 is 14.7 Å². The number of nitrogens with one attached hydrogen (secondary N) is 1. The molecule has 1 aromatic heterocycles. The second-order valence-electron chi connectivity index (χ2n) is 6.85. The van der Waals surface area contributed by atoms with Crippen molar-refractivity contribution in [2.75, 3.05) is 6.54 Å². The van der Waals surface area contributed by atoms with Crippen LogP contribution in [-0.2, 0) is 22.4 Å². The number of tetrazole rings is 1. The first-order valence-electron chi connectivity index (χ1n) is 9.37. The molecule has 0 fully saturated rings. The third-order valence-corrected chi connectivity index (χ3v) is 4.72. The van der Waals surface area contributed by atoms with Crippen molar-refractivity contribution >= 4 is 11.9 Å². The number of benzene rings is 2. The number of hydrogen-bond acceptors (Lipinski definition) is 5. The van der Waals surface area contributed by atoms with E-state index in [0.717, 1.165) is 11.1 Å². The van der Waals surface area contributed by atoms with Crippen molar-refractivity contribution in [3.05, 3.63) is 77.6 Å². The molecule has 29 heavy (non-hydrogen) atoms. The summed E-state index contributed by atoms with van der Waals surface area (Å²) in [4.78, 5) is 24.6. The molecule has 0 aliphatic carbocycles. The summed E-state index contributed by atoms with van der Waals surface area (Å²) in [6, 6.07) is 18.2. The first kappa shape index (κ1) is 20.2. The van der Waals surface area contributed by atoms with E-state index < -0.39 is 17.9 Å². The number of carbonyl (C=O) groups excluding carboxylic acids is 1. The van der Waals surface area contributed by atoms with Gasteiger partial charge in [0.05, 0.1) is 5.92 Å². The molecule has 1 heterocycles.